The molecule has 0 amide bonds. The van der Waals surface area contributed by atoms with Crippen molar-refractivity contribution in [1.29, 1.82) is 0 Å². The first kappa shape index (κ1) is 17.9. The standard InChI is InChI=1S/C15H26N2O3S/c1-5-11-21(18,19)16-12-15(17(3)4)13-7-9-14(10-8-13)20-6-2/h7-10,15-16H,5-6,11-12H2,1-4H3. The van der Waals surface area contributed by atoms with Gasteiger partial charge in [-0.05, 0) is 45.1 Å². The second-order valence-corrected chi connectivity index (χ2v) is 7.08. The van der Waals surface area contributed by atoms with Crippen LogP contribution < -0.4 is 9.46 Å². The van der Waals surface area contributed by atoms with E-state index in [1.807, 2.05) is 57.1 Å². The average Bonchev–Trinajstić information content (AvgIpc) is 2.40. The van der Waals surface area contributed by atoms with Gasteiger partial charge in [-0.15, -0.1) is 0 Å². The molecule has 0 aliphatic carbocycles. The summed E-state index contributed by atoms with van der Waals surface area (Å²) in [5.41, 5.74) is 1.06. The zero-order valence-electron chi connectivity index (χ0n) is 13.3. The predicted molar refractivity (Wildman–Crippen MR) is 86.1 cm³/mol. The number of benzene rings is 1. The third kappa shape index (κ3) is 6.03. The molecule has 0 spiro atoms. The van der Waals surface area contributed by atoms with Gasteiger partial charge in [0.2, 0.25) is 10.0 Å². The average molecular weight is 314 g/mol. The quantitative estimate of drug-likeness (QED) is 0.757. The fourth-order valence-electron chi connectivity index (χ4n) is 2.10. The summed E-state index contributed by atoms with van der Waals surface area (Å²) in [6, 6.07) is 7.77. The number of nitrogens with one attached hydrogen (secondary N) is 1. The predicted octanol–water partition coefficient (Wildman–Crippen LogP) is 2.02. The summed E-state index contributed by atoms with van der Waals surface area (Å²) in [5.74, 6) is 0.987. The van der Waals surface area contributed by atoms with Crippen molar-refractivity contribution in [3.8, 4) is 5.75 Å². The highest BCUT2D eigenvalue weighted by Crippen LogP contribution is 2.21. The van der Waals surface area contributed by atoms with Crippen LogP contribution in [0.2, 0.25) is 0 Å². The molecule has 1 unspecified atom stereocenters. The Morgan fingerprint density at radius 3 is 2.29 bits per heavy atom. The van der Waals surface area contributed by atoms with Gasteiger partial charge >= 0.3 is 0 Å². The van der Waals surface area contributed by atoms with E-state index >= 15 is 0 Å². The SMILES string of the molecule is CCCS(=O)(=O)NCC(c1ccc(OCC)cc1)N(C)C. The lowest BCUT2D eigenvalue weighted by molar-refractivity contribution is 0.298. The summed E-state index contributed by atoms with van der Waals surface area (Å²) in [5, 5.41) is 0. The minimum absolute atomic E-state index is 0.00712. The van der Waals surface area contributed by atoms with Gasteiger partial charge < -0.3 is 9.64 Å². The maximum absolute atomic E-state index is 11.8. The highest BCUT2D eigenvalue weighted by molar-refractivity contribution is 7.89. The Labute approximate surface area is 128 Å². The van der Waals surface area contributed by atoms with Gasteiger partial charge in [0.15, 0.2) is 0 Å². The van der Waals surface area contributed by atoms with Crippen molar-refractivity contribution in [2.45, 2.75) is 26.3 Å². The lowest BCUT2D eigenvalue weighted by Gasteiger charge is -2.25. The van der Waals surface area contributed by atoms with Crippen LogP contribution in [0.1, 0.15) is 31.9 Å². The molecule has 0 aromatic heterocycles. The van der Waals surface area contributed by atoms with E-state index in [-0.39, 0.29) is 11.8 Å². The maximum Gasteiger partial charge on any atom is 0.211 e. The fourth-order valence-corrected chi connectivity index (χ4v) is 3.19. The molecular formula is C15H26N2O3S. The van der Waals surface area contributed by atoms with E-state index in [1.165, 1.54) is 0 Å². The maximum atomic E-state index is 11.8. The van der Waals surface area contributed by atoms with Crippen LogP contribution in [0.3, 0.4) is 0 Å². The van der Waals surface area contributed by atoms with Crippen LogP contribution in [0.5, 0.6) is 5.75 Å². The van der Waals surface area contributed by atoms with Crippen LogP contribution in [0, 0.1) is 0 Å². The Morgan fingerprint density at radius 2 is 1.81 bits per heavy atom. The summed E-state index contributed by atoms with van der Waals surface area (Å²) in [6.07, 6.45) is 0.616. The third-order valence-corrected chi connectivity index (χ3v) is 4.72. The molecule has 0 bridgehead atoms. The van der Waals surface area contributed by atoms with Crippen molar-refractivity contribution >= 4 is 10.0 Å². The molecule has 21 heavy (non-hydrogen) atoms. The molecule has 0 saturated heterocycles. The minimum atomic E-state index is -3.19. The van der Waals surface area contributed by atoms with Gasteiger partial charge in [0.25, 0.3) is 0 Å². The summed E-state index contributed by atoms with van der Waals surface area (Å²) < 4.78 is 31.7. The van der Waals surface area contributed by atoms with Crippen LogP contribution in [-0.4, -0.2) is 46.3 Å². The van der Waals surface area contributed by atoms with Crippen molar-refractivity contribution < 1.29 is 13.2 Å². The summed E-state index contributed by atoms with van der Waals surface area (Å²) in [7, 11) is 0.693. The van der Waals surface area contributed by atoms with E-state index in [0.29, 0.717) is 19.6 Å². The molecule has 0 heterocycles. The molecule has 1 aromatic rings. The molecule has 1 aromatic carbocycles. The first-order valence-electron chi connectivity index (χ1n) is 7.26. The number of ether oxygens (including phenoxy) is 1. The fraction of sp³-hybridized carbons (Fsp3) is 0.600. The van der Waals surface area contributed by atoms with Crippen LogP contribution in [-0.2, 0) is 10.0 Å². The monoisotopic (exact) mass is 314 g/mol. The highest BCUT2D eigenvalue weighted by Gasteiger charge is 2.17. The van der Waals surface area contributed by atoms with Gasteiger partial charge in [-0.25, -0.2) is 13.1 Å². The Kier molecular flexibility index (Phi) is 7.14. The number of hydrogen-bond acceptors (Lipinski definition) is 4. The topological polar surface area (TPSA) is 58.6 Å². The molecule has 0 saturated carbocycles. The summed E-state index contributed by atoms with van der Waals surface area (Å²) in [4.78, 5) is 2.00. The van der Waals surface area contributed by atoms with Gasteiger partial charge in [0.05, 0.1) is 12.4 Å². The first-order chi connectivity index (χ1) is 9.89. The molecule has 0 radical (unpaired) electrons. The Bertz CT molecular complexity index is 512. The zero-order chi connectivity index (χ0) is 15.9. The molecular weight excluding hydrogens is 288 g/mol. The molecule has 5 nitrogen and oxygen atoms in total. The smallest absolute Gasteiger partial charge is 0.211 e. The number of likely N-dealkylation sites (N-methyl/N-ethyl adjacent to an activating group) is 1. The van der Waals surface area contributed by atoms with Crippen molar-refractivity contribution in [3.63, 3.8) is 0 Å². The second kappa shape index (κ2) is 8.36. The normalized spacial score (nSPS) is 13.4. The lowest BCUT2D eigenvalue weighted by atomic mass is 10.1. The van der Waals surface area contributed by atoms with Crippen molar-refractivity contribution in [2.75, 3.05) is 33.0 Å². The number of hydrogen-bond donors (Lipinski definition) is 1. The highest BCUT2D eigenvalue weighted by atomic mass is 32.2. The third-order valence-electron chi connectivity index (χ3n) is 3.17. The molecule has 0 aliphatic heterocycles. The molecule has 1 N–H and O–H groups in total. The van der Waals surface area contributed by atoms with Gasteiger partial charge in [-0.1, -0.05) is 19.1 Å². The van der Waals surface area contributed by atoms with Gasteiger partial charge in [-0.2, -0.15) is 0 Å². The largest absolute Gasteiger partial charge is 0.494 e. The molecule has 120 valence electrons. The molecule has 1 rings (SSSR count). The van der Waals surface area contributed by atoms with E-state index in [0.717, 1.165) is 11.3 Å². The molecule has 6 heteroatoms. The van der Waals surface area contributed by atoms with Crippen LogP contribution in [0.15, 0.2) is 24.3 Å². The second-order valence-electron chi connectivity index (χ2n) is 5.15. The zero-order valence-corrected chi connectivity index (χ0v) is 14.1. The van der Waals surface area contributed by atoms with E-state index in [9.17, 15) is 8.42 Å². The summed E-state index contributed by atoms with van der Waals surface area (Å²) in [6.45, 7) is 4.80. The molecule has 0 fully saturated rings. The van der Waals surface area contributed by atoms with Gasteiger partial charge in [-0.3, -0.25) is 0 Å². The van der Waals surface area contributed by atoms with Crippen molar-refractivity contribution in [2.24, 2.45) is 0 Å². The van der Waals surface area contributed by atoms with E-state index in [4.69, 9.17) is 4.74 Å². The number of rotatable bonds is 9. The van der Waals surface area contributed by atoms with Crippen LogP contribution in [0.4, 0.5) is 0 Å². The van der Waals surface area contributed by atoms with Crippen molar-refractivity contribution in [1.82, 2.24) is 9.62 Å². The number of sulfonamides is 1. The molecule has 0 aliphatic rings. The van der Waals surface area contributed by atoms with Crippen LogP contribution in [0.25, 0.3) is 0 Å². The number of nitrogens with zero attached hydrogens (tertiary/aromatic N) is 1. The Balaban J connectivity index is 2.77. The lowest BCUT2D eigenvalue weighted by Crippen LogP contribution is -2.35. The van der Waals surface area contributed by atoms with E-state index in [2.05, 4.69) is 4.72 Å². The Hall–Kier alpha value is -1.11. The Morgan fingerprint density at radius 1 is 1.19 bits per heavy atom. The van der Waals surface area contributed by atoms with E-state index in [1.54, 1.807) is 0 Å². The molecule has 1 atom stereocenters. The minimum Gasteiger partial charge on any atom is -0.494 e. The first-order valence-corrected chi connectivity index (χ1v) is 8.91. The summed E-state index contributed by atoms with van der Waals surface area (Å²) >= 11 is 0. The van der Waals surface area contributed by atoms with Crippen molar-refractivity contribution in [3.05, 3.63) is 29.8 Å². The van der Waals surface area contributed by atoms with Gasteiger partial charge in [0.1, 0.15) is 5.75 Å². The van der Waals surface area contributed by atoms with Crippen LogP contribution >= 0.6 is 0 Å². The van der Waals surface area contributed by atoms with Gasteiger partial charge in [0, 0.05) is 12.6 Å². The van der Waals surface area contributed by atoms with E-state index < -0.39 is 10.0 Å².